The molecular weight excluding hydrogens is 403 g/mol. The Morgan fingerprint density at radius 2 is 1.87 bits per heavy atom. The maximum atomic E-state index is 5.12. The third kappa shape index (κ3) is 6.43. The molecule has 0 bridgehead atoms. The topological polar surface area (TPSA) is 58.5 Å². The Labute approximate surface area is 154 Å². The van der Waals surface area contributed by atoms with Crippen LogP contribution < -0.4 is 15.4 Å². The number of hydrogen-bond donors (Lipinski definition) is 2. The van der Waals surface area contributed by atoms with Gasteiger partial charge < -0.3 is 15.4 Å². The largest absolute Gasteiger partial charge is 0.481 e. The Morgan fingerprint density at radius 1 is 1.13 bits per heavy atom. The number of aromatic nitrogens is 1. The minimum Gasteiger partial charge on any atom is -0.481 e. The Balaban J connectivity index is 0.00000264. The second kappa shape index (κ2) is 10.0. The molecule has 0 aliphatic rings. The lowest BCUT2D eigenvalue weighted by molar-refractivity contribution is 0.396. The Bertz CT molecular complexity index is 646. The summed E-state index contributed by atoms with van der Waals surface area (Å²) < 4.78 is 5.12. The molecule has 0 radical (unpaired) electrons. The molecule has 0 amide bonds. The maximum absolute atomic E-state index is 5.12. The number of pyridine rings is 1. The molecule has 23 heavy (non-hydrogen) atoms. The number of nitrogens with zero attached hydrogens (tertiary/aromatic N) is 2. The van der Waals surface area contributed by atoms with Gasteiger partial charge in [0.05, 0.1) is 19.3 Å². The second-order valence-corrected chi connectivity index (χ2v) is 4.94. The zero-order chi connectivity index (χ0) is 15.8. The van der Waals surface area contributed by atoms with Crippen molar-refractivity contribution in [2.24, 2.45) is 4.99 Å². The highest BCUT2D eigenvalue weighted by molar-refractivity contribution is 14.0. The summed E-state index contributed by atoms with van der Waals surface area (Å²) >= 11 is 0. The summed E-state index contributed by atoms with van der Waals surface area (Å²) in [4.78, 5) is 8.58. The van der Waals surface area contributed by atoms with Crippen LogP contribution in [0.1, 0.15) is 16.8 Å². The first-order valence-electron chi connectivity index (χ1n) is 7.21. The molecule has 2 rings (SSSR count). The standard InChI is InChI=1S/C17H22N4O.HI/c1-13-6-4-7-14(10-13)11-19-17(18-2)20-12-15-8-5-9-16(21-15)22-3;/h4-10H,11-12H2,1-3H3,(H2,18,19,20);1H. The first-order chi connectivity index (χ1) is 10.7. The minimum absolute atomic E-state index is 0. The van der Waals surface area contributed by atoms with Crippen LogP contribution in [0, 0.1) is 6.92 Å². The zero-order valence-corrected chi connectivity index (χ0v) is 16.0. The van der Waals surface area contributed by atoms with Gasteiger partial charge in [0.2, 0.25) is 5.88 Å². The van der Waals surface area contributed by atoms with E-state index in [-0.39, 0.29) is 24.0 Å². The van der Waals surface area contributed by atoms with E-state index in [2.05, 4.69) is 51.8 Å². The minimum atomic E-state index is 0. The van der Waals surface area contributed by atoms with Gasteiger partial charge in [-0.15, -0.1) is 24.0 Å². The summed E-state index contributed by atoms with van der Waals surface area (Å²) in [5.41, 5.74) is 3.38. The number of ether oxygens (including phenoxy) is 1. The third-order valence-corrected chi connectivity index (χ3v) is 3.19. The summed E-state index contributed by atoms with van der Waals surface area (Å²) in [6.07, 6.45) is 0. The molecule has 2 aromatic rings. The van der Waals surface area contributed by atoms with Crippen LogP contribution in [0.25, 0.3) is 0 Å². The predicted octanol–water partition coefficient (Wildman–Crippen LogP) is 2.88. The lowest BCUT2D eigenvalue weighted by Gasteiger charge is -2.12. The van der Waals surface area contributed by atoms with Crippen LogP contribution in [0.15, 0.2) is 47.5 Å². The molecule has 0 atom stereocenters. The summed E-state index contributed by atoms with van der Waals surface area (Å²) in [7, 11) is 3.37. The average Bonchev–Trinajstić information content (AvgIpc) is 2.55. The molecule has 0 fully saturated rings. The van der Waals surface area contributed by atoms with Crippen LogP contribution in [0.2, 0.25) is 0 Å². The highest BCUT2D eigenvalue weighted by Gasteiger charge is 2.01. The van der Waals surface area contributed by atoms with Gasteiger partial charge >= 0.3 is 0 Å². The van der Waals surface area contributed by atoms with Gasteiger partial charge in [0.25, 0.3) is 0 Å². The lowest BCUT2D eigenvalue weighted by Crippen LogP contribution is -2.36. The van der Waals surface area contributed by atoms with E-state index in [0.717, 1.165) is 18.2 Å². The molecule has 0 saturated heterocycles. The first-order valence-corrected chi connectivity index (χ1v) is 7.21. The molecule has 1 heterocycles. The molecule has 0 aliphatic heterocycles. The van der Waals surface area contributed by atoms with Gasteiger partial charge in [-0.25, -0.2) is 4.98 Å². The predicted molar refractivity (Wildman–Crippen MR) is 104 cm³/mol. The van der Waals surface area contributed by atoms with Crippen molar-refractivity contribution in [3.63, 3.8) is 0 Å². The summed E-state index contributed by atoms with van der Waals surface area (Å²) in [5, 5.41) is 6.53. The summed E-state index contributed by atoms with van der Waals surface area (Å²) in [6.45, 7) is 3.41. The number of aliphatic imine (C=N–C) groups is 1. The van der Waals surface area contributed by atoms with Gasteiger partial charge in [-0.05, 0) is 18.6 Å². The Kier molecular flexibility index (Phi) is 8.39. The first kappa shape index (κ1) is 19.2. The summed E-state index contributed by atoms with van der Waals surface area (Å²) in [6, 6.07) is 14.1. The quantitative estimate of drug-likeness (QED) is 0.439. The van der Waals surface area contributed by atoms with Crippen molar-refractivity contribution in [1.82, 2.24) is 15.6 Å². The molecule has 5 nitrogen and oxygen atoms in total. The van der Waals surface area contributed by atoms with Gasteiger partial charge in [0.15, 0.2) is 5.96 Å². The summed E-state index contributed by atoms with van der Waals surface area (Å²) in [5.74, 6) is 1.35. The van der Waals surface area contributed by atoms with Crippen molar-refractivity contribution in [3.05, 3.63) is 59.3 Å². The number of nitrogens with one attached hydrogen (secondary N) is 2. The van der Waals surface area contributed by atoms with Crippen LogP contribution in [0.4, 0.5) is 0 Å². The van der Waals surface area contributed by atoms with Gasteiger partial charge in [0.1, 0.15) is 0 Å². The SMILES string of the molecule is CN=C(NCc1cccc(C)c1)NCc1cccc(OC)n1.I. The number of benzene rings is 1. The maximum Gasteiger partial charge on any atom is 0.213 e. The molecule has 0 aliphatic carbocycles. The monoisotopic (exact) mass is 426 g/mol. The number of rotatable bonds is 5. The molecule has 1 aromatic carbocycles. The fraction of sp³-hybridized carbons (Fsp3) is 0.294. The zero-order valence-electron chi connectivity index (χ0n) is 13.7. The van der Waals surface area contributed by atoms with E-state index in [1.807, 2.05) is 18.2 Å². The lowest BCUT2D eigenvalue weighted by atomic mass is 10.1. The van der Waals surface area contributed by atoms with Crippen LogP contribution in [-0.2, 0) is 13.1 Å². The van der Waals surface area contributed by atoms with Crippen LogP contribution in [0.3, 0.4) is 0 Å². The highest BCUT2D eigenvalue weighted by atomic mass is 127. The van der Waals surface area contributed by atoms with E-state index < -0.39 is 0 Å². The third-order valence-electron chi connectivity index (χ3n) is 3.19. The molecule has 0 unspecified atom stereocenters. The van der Waals surface area contributed by atoms with Crippen molar-refractivity contribution in [1.29, 1.82) is 0 Å². The van der Waals surface area contributed by atoms with Gasteiger partial charge in [-0.2, -0.15) is 0 Å². The average molecular weight is 426 g/mol. The Morgan fingerprint density at radius 3 is 2.57 bits per heavy atom. The molecule has 0 saturated carbocycles. The van der Waals surface area contributed by atoms with Crippen LogP contribution >= 0.6 is 24.0 Å². The van der Waals surface area contributed by atoms with Crippen molar-refractivity contribution in [3.8, 4) is 5.88 Å². The molecule has 6 heteroatoms. The number of hydrogen-bond acceptors (Lipinski definition) is 3. The van der Waals surface area contributed by atoms with E-state index in [4.69, 9.17) is 4.74 Å². The number of guanidine groups is 1. The molecule has 0 spiro atoms. The van der Waals surface area contributed by atoms with E-state index in [1.165, 1.54) is 11.1 Å². The van der Waals surface area contributed by atoms with Crippen molar-refractivity contribution < 1.29 is 4.74 Å². The fourth-order valence-electron chi connectivity index (χ4n) is 2.07. The van der Waals surface area contributed by atoms with Gasteiger partial charge in [-0.1, -0.05) is 35.9 Å². The van der Waals surface area contributed by atoms with E-state index in [9.17, 15) is 0 Å². The van der Waals surface area contributed by atoms with Gasteiger partial charge in [-0.3, -0.25) is 4.99 Å². The highest BCUT2D eigenvalue weighted by Crippen LogP contribution is 2.06. The molecule has 2 N–H and O–H groups in total. The number of aryl methyl sites for hydroxylation is 1. The van der Waals surface area contributed by atoms with Crippen LogP contribution in [0.5, 0.6) is 5.88 Å². The number of methoxy groups -OCH3 is 1. The smallest absolute Gasteiger partial charge is 0.213 e. The number of halogens is 1. The van der Waals surface area contributed by atoms with Crippen LogP contribution in [-0.4, -0.2) is 25.1 Å². The van der Waals surface area contributed by atoms with E-state index >= 15 is 0 Å². The van der Waals surface area contributed by atoms with Crippen molar-refractivity contribution in [2.45, 2.75) is 20.0 Å². The fourth-order valence-corrected chi connectivity index (χ4v) is 2.07. The molecular formula is C17H23IN4O. The normalized spacial score (nSPS) is 10.7. The van der Waals surface area contributed by atoms with Crippen molar-refractivity contribution in [2.75, 3.05) is 14.2 Å². The van der Waals surface area contributed by atoms with Gasteiger partial charge in [0, 0.05) is 19.7 Å². The molecule has 1 aromatic heterocycles. The van der Waals surface area contributed by atoms with E-state index in [1.54, 1.807) is 14.2 Å². The molecule has 124 valence electrons. The second-order valence-electron chi connectivity index (χ2n) is 4.94. The van der Waals surface area contributed by atoms with E-state index in [0.29, 0.717) is 12.4 Å². The van der Waals surface area contributed by atoms with Crippen molar-refractivity contribution >= 4 is 29.9 Å². The Hall–Kier alpha value is -1.83.